The molecule has 0 unspecified atom stereocenters. The highest BCUT2D eigenvalue weighted by molar-refractivity contribution is 6.07. The molecular weight excluding hydrogens is 905 g/mol. The first kappa shape index (κ1) is 45.8. The predicted molar refractivity (Wildman–Crippen MR) is 271 cm³/mol. The lowest BCUT2D eigenvalue weighted by Gasteiger charge is -2.34. The largest absolute Gasteiger partial charge is 0.324 e. The molecule has 0 saturated carbocycles. The number of hydroxylamine groups is 8. The zero-order valence-corrected chi connectivity index (χ0v) is 43.8. The lowest BCUT2D eigenvalue weighted by atomic mass is 9.87. The summed E-state index contributed by atoms with van der Waals surface area (Å²) in [5.41, 5.74) is 5.31. The second-order valence-corrected chi connectivity index (χ2v) is 25.1. The number of benzene rings is 4. The number of nitrogens with one attached hydrogen (secondary N) is 2. The van der Waals surface area contributed by atoms with Crippen molar-refractivity contribution >= 4 is 44.1 Å². The van der Waals surface area contributed by atoms with Gasteiger partial charge in [0, 0.05) is 43.8 Å². The third kappa shape index (κ3) is 5.33. The molecule has 16 nitrogen and oxygen atoms in total. The highest BCUT2D eigenvalue weighted by atomic mass is 16.5. The van der Waals surface area contributed by atoms with Crippen molar-refractivity contribution in [2.24, 2.45) is 0 Å². The minimum absolute atomic E-state index is 0.386. The van der Waals surface area contributed by atoms with E-state index in [-0.39, 0.29) is 0 Å². The second-order valence-electron chi connectivity index (χ2n) is 25.1. The number of H-pyrrole nitrogens is 2. The van der Waals surface area contributed by atoms with E-state index in [4.69, 9.17) is 29.9 Å². The van der Waals surface area contributed by atoms with Crippen molar-refractivity contribution in [3.63, 3.8) is 0 Å². The lowest BCUT2D eigenvalue weighted by Crippen LogP contribution is -2.42. The Bertz CT molecular complexity index is 3390. The van der Waals surface area contributed by atoms with Gasteiger partial charge in [0.15, 0.2) is 23.3 Å². The average Bonchev–Trinajstić information content (AvgIpc) is 4.12. The number of fused-ring (bicyclic) bond motifs is 24. The molecule has 0 aliphatic carbocycles. The Morgan fingerprint density at radius 1 is 0.319 bits per heavy atom. The van der Waals surface area contributed by atoms with E-state index in [0.29, 0.717) is 57.0 Å². The quantitative estimate of drug-likeness (QED) is 0.130. The molecule has 0 amide bonds. The Morgan fingerprint density at radius 2 is 0.514 bits per heavy atom. The minimum atomic E-state index is -0.862. The van der Waals surface area contributed by atoms with Gasteiger partial charge in [0.05, 0.1) is 44.3 Å². The summed E-state index contributed by atoms with van der Waals surface area (Å²) in [7, 11) is 0. The van der Waals surface area contributed by atoms with Crippen LogP contribution in [-0.4, -0.2) is 65.3 Å². The molecule has 3 aromatic heterocycles. The Balaban J connectivity index is 1.22. The topological polar surface area (TPSA) is 202 Å². The third-order valence-corrected chi connectivity index (χ3v) is 17.8. The van der Waals surface area contributed by atoms with Gasteiger partial charge in [-0.2, -0.15) is 5.06 Å². The molecule has 7 aromatic rings. The number of aromatic amines is 2. The first-order valence-electron chi connectivity index (χ1n) is 24.8. The molecule has 13 rings (SSSR count). The van der Waals surface area contributed by atoms with Gasteiger partial charge < -0.3 is 15.2 Å². The van der Waals surface area contributed by atoms with Gasteiger partial charge in [0.2, 0.25) is 0 Å². The first-order valence-corrected chi connectivity index (χ1v) is 24.8. The molecule has 0 spiro atoms. The summed E-state index contributed by atoms with van der Waals surface area (Å²) in [4.78, 5) is 39.4. The summed E-state index contributed by atoms with van der Waals surface area (Å²) in [6.07, 6.45) is 0. The van der Waals surface area contributed by atoms with Crippen LogP contribution in [0.1, 0.15) is 155 Å². The van der Waals surface area contributed by atoms with E-state index in [1.54, 1.807) is 0 Å². The van der Waals surface area contributed by atoms with Crippen LogP contribution in [0.4, 0.5) is 0 Å². The summed E-state index contributed by atoms with van der Waals surface area (Å²) in [6, 6.07) is 16.5. The van der Waals surface area contributed by atoms with E-state index < -0.39 is 44.3 Å². The van der Waals surface area contributed by atoms with Gasteiger partial charge in [-0.3, -0.25) is 0 Å². The van der Waals surface area contributed by atoms with E-state index >= 15 is 0 Å². The van der Waals surface area contributed by atoms with Crippen LogP contribution in [0.5, 0.6) is 0 Å². The van der Waals surface area contributed by atoms with Gasteiger partial charge in [0.1, 0.15) is 22.6 Å². The Morgan fingerprint density at radius 3 is 0.736 bits per heavy atom. The van der Waals surface area contributed by atoms with Gasteiger partial charge in [0.25, 0.3) is 0 Å². The molecular formula is C56H59N12O4. The second kappa shape index (κ2) is 13.2. The normalized spacial score (nSPS) is 22.3. The van der Waals surface area contributed by atoms with Crippen LogP contribution >= 0.6 is 0 Å². The zero-order chi connectivity index (χ0) is 51.5. The van der Waals surface area contributed by atoms with Gasteiger partial charge in [-0.15, -0.1) is 30.8 Å². The smallest absolute Gasteiger partial charge is 0.164 e. The summed E-state index contributed by atoms with van der Waals surface area (Å²) < 4.78 is 0. The fraction of sp³-hybridized carbons (Fsp3) is 0.429. The van der Waals surface area contributed by atoms with Gasteiger partial charge >= 0.3 is 0 Å². The van der Waals surface area contributed by atoms with Gasteiger partial charge in [-0.25, -0.2) is 29.9 Å². The van der Waals surface area contributed by atoms with Crippen LogP contribution in [0, 0.1) is 0 Å². The molecule has 367 valence electrons. The first-order chi connectivity index (χ1) is 33.3. The van der Waals surface area contributed by atoms with Crippen LogP contribution in [0.2, 0.25) is 0 Å². The third-order valence-electron chi connectivity index (χ3n) is 17.8. The van der Waals surface area contributed by atoms with Crippen LogP contribution in [0.3, 0.4) is 0 Å². The number of aromatic nitrogens is 8. The molecule has 8 bridgehead atoms. The predicted octanol–water partition coefficient (Wildman–Crippen LogP) is 11.4. The molecule has 3 radical (unpaired) electrons. The summed E-state index contributed by atoms with van der Waals surface area (Å²) >= 11 is 0. The van der Waals surface area contributed by atoms with Crippen molar-refractivity contribution in [1.29, 1.82) is 0 Å². The molecule has 4 aromatic carbocycles. The monoisotopic (exact) mass is 963 g/mol. The number of hydrogen-bond donors (Lipinski definition) is 3. The van der Waals surface area contributed by atoms with Crippen LogP contribution in [-0.2, 0) is 59.9 Å². The Labute approximate surface area is 417 Å². The molecule has 0 fully saturated rings. The van der Waals surface area contributed by atoms with Crippen LogP contribution < -0.4 is 0 Å². The van der Waals surface area contributed by atoms with Crippen LogP contribution in [0.25, 0.3) is 89.7 Å². The number of rotatable bonds is 0. The van der Waals surface area contributed by atoms with E-state index in [0.717, 1.165) is 82.2 Å². The molecule has 0 saturated heterocycles. The van der Waals surface area contributed by atoms with Crippen molar-refractivity contribution in [3.8, 4) is 45.6 Å². The average molecular weight is 964 g/mol. The van der Waals surface area contributed by atoms with E-state index in [9.17, 15) is 20.8 Å². The molecule has 3 N–H and O–H groups in total. The highest BCUT2D eigenvalue weighted by Crippen LogP contribution is 2.56. The fourth-order valence-electron chi connectivity index (χ4n) is 13.7. The molecule has 72 heavy (non-hydrogen) atoms. The minimum Gasteiger partial charge on any atom is -0.324 e. The maximum Gasteiger partial charge on any atom is 0.164 e. The summed E-state index contributed by atoms with van der Waals surface area (Å²) in [5.74, 6) is 1.57. The van der Waals surface area contributed by atoms with Crippen molar-refractivity contribution in [2.75, 3.05) is 0 Å². The van der Waals surface area contributed by atoms with Crippen LogP contribution in [0.15, 0.2) is 48.5 Å². The van der Waals surface area contributed by atoms with Gasteiger partial charge in [-0.1, -0.05) is 0 Å². The number of hydrogen-bond acceptors (Lipinski definition) is 11. The molecule has 9 heterocycles. The molecule has 0 atom stereocenters. The lowest BCUT2D eigenvalue weighted by molar-refractivity contribution is -0.266. The van der Waals surface area contributed by atoms with Crippen molar-refractivity contribution < 1.29 is 20.8 Å². The Hall–Kier alpha value is -6.08. The van der Waals surface area contributed by atoms with Gasteiger partial charge in [-0.05, 0) is 204 Å². The number of nitrogens with zero attached hydrogens (tertiary/aromatic N) is 10. The maximum atomic E-state index is 14.1. The molecule has 6 aliphatic heterocycles. The Kier molecular flexibility index (Phi) is 8.37. The SMILES string of the molecule is CC1(C)c2cc3c(cc2C(C)(C)N1[O])-c1nc-3nc2[nH]c(nc3nc(nc4[nH]c(n1)c1cc5c(cc41)C(C)(C)N([O])C5(C)C)-c1cc4c(cc1-3)C(C)(C)N(O)C4(C)C)c1cc3c(cc21)C(C)(C)N([O])C3(C)C. The van der Waals surface area contributed by atoms with Crippen molar-refractivity contribution in [2.45, 2.75) is 155 Å². The standard InChI is InChI=1S/C56H59N12O4/c1-49(2)33-17-25-26(18-34(33)50(3,4)65(49)69)42-57-41(25)61-43-27-19-35-36(52(7,8)66(70)51(35,5)6)20-28(27)45(58-43)63-47-31-23-39-40(56(15,16)68(72)55(39,13)14)24-32(31)48(60-47)64-46-30-22-38-37(21-29(30)44(59-46)62-42)53(9,10)67(71)54(38,11)12/h17-24,69H,1-16H3,(H2,57,58,59,60,61,62,63,64). The molecule has 6 aliphatic rings. The van der Waals surface area contributed by atoms with E-state index in [1.165, 1.54) is 15.2 Å². The zero-order valence-electron chi connectivity index (χ0n) is 43.8. The fourth-order valence-corrected chi connectivity index (χ4v) is 13.7. The van der Waals surface area contributed by atoms with E-state index in [1.807, 2.05) is 123 Å². The summed E-state index contributed by atoms with van der Waals surface area (Å²) in [6.45, 7) is 31.3. The summed E-state index contributed by atoms with van der Waals surface area (Å²) in [5, 5.41) is 61.9. The highest BCUT2D eigenvalue weighted by Gasteiger charge is 2.54. The van der Waals surface area contributed by atoms with Crippen molar-refractivity contribution in [1.82, 2.24) is 60.1 Å². The molecule has 16 heteroatoms. The van der Waals surface area contributed by atoms with E-state index in [2.05, 4.69) is 46.4 Å². The van der Waals surface area contributed by atoms with Crippen molar-refractivity contribution in [3.05, 3.63) is 93.0 Å². The maximum absolute atomic E-state index is 14.1.